The lowest BCUT2D eigenvalue weighted by Gasteiger charge is -2.33. The maximum atomic E-state index is 12.4. The first kappa shape index (κ1) is 17.8. The van der Waals surface area contributed by atoms with Gasteiger partial charge in [-0.3, -0.25) is 4.98 Å². The second-order valence-electron chi connectivity index (χ2n) is 5.92. The average molecular weight is 380 g/mol. The zero-order valence-electron chi connectivity index (χ0n) is 13.6. The van der Waals surface area contributed by atoms with Crippen LogP contribution in [0.3, 0.4) is 0 Å². The number of piperidine rings is 1. The number of hydrogen-bond donors (Lipinski definition) is 1. The third-order valence-electron chi connectivity index (χ3n) is 4.05. The normalized spacial score (nSPS) is 17.2. The molecule has 7 heteroatoms. The highest BCUT2D eigenvalue weighted by Gasteiger charge is 2.25. The molecule has 1 aliphatic rings. The van der Waals surface area contributed by atoms with Gasteiger partial charge in [0, 0.05) is 36.6 Å². The molecule has 0 spiro atoms. The fourth-order valence-electron chi connectivity index (χ4n) is 2.75. The molecule has 5 nitrogen and oxygen atoms in total. The van der Waals surface area contributed by atoms with Crippen molar-refractivity contribution in [3.05, 3.63) is 58.3 Å². The number of likely N-dealkylation sites (tertiary alicyclic amines) is 1. The van der Waals surface area contributed by atoms with Crippen LogP contribution in [0.4, 0.5) is 4.79 Å². The third kappa shape index (κ3) is 5.00. The first-order chi connectivity index (χ1) is 12.1. The number of aromatic nitrogens is 1. The van der Waals surface area contributed by atoms with Crippen molar-refractivity contribution in [2.45, 2.75) is 25.5 Å². The number of ether oxygens (including phenoxy) is 1. The number of pyridine rings is 1. The molecule has 0 bridgehead atoms. The Morgan fingerprint density at radius 3 is 2.84 bits per heavy atom. The molecule has 3 rings (SSSR count). The van der Waals surface area contributed by atoms with Gasteiger partial charge in [0.2, 0.25) is 0 Å². The van der Waals surface area contributed by atoms with Crippen molar-refractivity contribution < 1.29 is 9.53 Å². The molecule has 2 heterocycles. The smallest absolute Gasteiger partial charge is 0.317 e. The van der Waals surface area contributed by atoms with Crippen LogP contribution in [0.5, 0.6) is 5.75 Å². The number of halogens is 2. The number of rotatable bonds is 4. The Hall–Kier alpha value is -1.98. The van der Waals surface area contributed by atoms with E-state index in [9.17, 15) is 4.79 Å². The molecule has 1 aliphatic heterocycles. The predicted molar refractivity (Wildman–Crippen MR) is 98.2 cm³/mol. The number of nitrogens with zero attached hydrogens (tertiary/aromatic N) is 2. The minimum absolute atomic E-state index is 0.0741. The van der Waals surface area contributed by atoms with Gasteiger partial charge in [-0.05, 0) is 30.5 Å². The van der Waals surface area contributed by atoms with Gasteiger partial charge in [-0.25, -0.2) is 4.79 Å². The zero-order valence-corrected chi connectivity index (χ0v) is 15.1. The first-order valence-electron chi connectivity index (χ1n) is 8.15. The van der Waals surface area contributed by atoms with Crippen molar-refractivity contribution >= 4 is 29.2 Å². The number of carbonyl (C=O) groups excluding carboxylic acids is 1. The van der Waals surface area contributed by atoms with Gasteiger partial charge >= 0.3 is 6.03 Å². The Morgan fingerprint density at radius 1 is 1.28 bits per heavy atom. The molecule has 2 amide bonds. The molecule has 1 aromatic carbocycles. The topological polar surface area (TPSA) is 54.5 Å². The molecule has 1 unspecified atom stereocenters. The van der Waals surface area contributed by atoms with E-state index in [2.05, 4.69) is 10.3 Å². The number of carbonyl (C=O) groups is 1. The highest BCUT2D eigenvalue weighted by molar-refractivity contribution is 6.31. The minimum atomic E-state index is -0.0934. The maximum absolute atomic E-state index is 12.4. The Morgan fingerprint density at radius 2 is 2.08 bits per heavy atom. The van der Waals surface area contributed by atoms with Gasteiger partial charge in [0.15, 0.2) is 0 Å². The van der Waals surface area contributed by atoms with E-state index in [0.29, 0.717) is 28.9 Å². The Balaban J connectivity index is 1.52. The van der Waals surface area contributed by atoms with Gasteiger partial charge in [0.1, 0.15) is 16.9 Å². The fourth-order valence-corrected chi connectivity index (χ4v) is 3.04. The van der Waals surface area contributed by atoms with Gasteiger partial charge in [-0.2, -0.15) is 0 Å². The van der Waals surface area contributed by atoms with E-state index in [1.54, 1.807) is 23.4 Å². The number of amides is 2. The first-order valence-corrected chi connectivity index (χ1v) is 8.91. The molecule has 25 heavy (non-hydrogen) atoms. The van der Waals surface area contributed by atoms with Crippen molar-refractivity contribution in [3.63, 3.8) is 0 Å². The number of benzene rings is 1. The van der Waals surface area contributed by atoms with E-state index in [0.717, 1.165) is 24.9 Å². The highest BCUT2D eigenvalue weighted by Crippen LogP contribution is 2.25. The SMILES string of the molecule is O=C(NCc1ccc(Cl)cc1)N1CCCC(Oc2ccncc2Cl)C1. The van der Waals surface area contributed by atoms with Crippen molar-refractivity contribution in [2.75, 3.05) is 13.1 Å². The van der Waals surface area contributed by atoms with E-state index >= 15 is 0 Å². The molecule has 0 saturated carbocycles. The summed E-state index contributed by atoms with van der Waals surface area (Å²) >= 11 is 11.9. The van der Waals surface area contributed by atoms with Gasteiger partial charge in [-0.1, -0.05) is 35.3 Å². The van der Waals surface area contributed by atoms with Crippen molar-refractivity contribution in [2.24, 2.45) is 0 Å². The highest BCUT2D eigenvalue weighted by atomic mass is 35.5. The fraction of sp³-hybridized carbons (Fsp3) is 0.333. The van der Waals surface area contributed by atoms with E-state index in [1.807, 2.05) is 24.3 Å². The van der Waals surface area contributed by atoms with Crippen LogP contribution in [-0.4, -0.2) is 35.1 Å². The molecule has 1 N–H and O–H groups in total. The second kappa shape index (κ2) is 8.41. The summed E-state index contributed by atoms with van der Waals surface area (Å²) in [5.41, 5.74) is 1.01. The summed E-state index contributed by atoms with van der Waals surface area (Å²) < 4.78 is 5.93. The second-order valence-corrected chi connectivity index (χ2v) is 6.76. The number of nitrogens with one attached hydrogen (secondary N) is 1. The third-order valence-corrected chi connectivity index (χ3v) is 4.59. The maximum Gasteiger partial charge on any atom is 0.317 e. The van der Waals surface area contributed by atoms with Crippen LogP contribution in [-0.2, 0) is 6.54 Å². The van der Waals surface area contributed by atoms with Gasteiger partial charge in [0.05, 0.1) is 6.54 Å². The molecule has 0 aliphatic carbocycles. The van der Waals surface area contributed by atoms with Gasteiger partial charge in [-0.15, -0.1) is 0 Å². The molecule has 2 aromatic rings. The molecule has 1 saturated heterocycles. The lowest BCUT2D eigenvalue weighted by atomic mass is 10.1. The van der Waals surface area contributed by atoms with E-state index < -0.39 is 0 Å². The van der Waals surface area contributed by atoms with Crippen molar-refractivity contribution in [1.82, 2.24) is 15.2 Å². The Labute approximate surface area is 156 Å². The monoisotopic (exact) mass is 379 g/mol. The van der Waals surface area contributed by atoms with E-state index in [1.165, 1.54) is 0 Å². The van der Waals surface area contributed by atoms with Gasteiger partial charge < -0.3 is 15.0 Å². The Kier molecular flexibility index (Phi) is 6.00. The summed E-state index contributed by atoms with van der Waals surface area (Å²) in [6, 6.07) is 9.07. The van der Waals surface area contributed by atoms with Crippen LogP contribution in [0.2, 0.25) is 10.0 Å². The molecular formula is C18H19Cl2N3O2. The molecule has 1 atom stereocenters. The number of hydrogen-bond acceptors (Lipinski definition) is 3. The molecule has 132 valence electrons. The largest absolute Gasteiger partial charge is 0.487 e. The van der Waals surface area contributed by atoms with Crippen LogP contribution < -0.4 is 10.1 Å². The summed E-state index contributed by atoms with van der Waals surface area (Å²) in [5, 5.41) is 4.10. The molecule has 1 fully saturated rings. The van der Waals surface area contributed by atoms with Crippen LogP contribution in [0.15, 0.2) is 42.7 Å². The van der Waals surface area contributed by atoms with Crippen molar-refractivity contribution in [3.8, 4) is 5.75 Å². The molecule has 1 aromatic heterocycles. The number of urea groups is 1. The van der Waals surface area contributed by atoms with Crippen LogP contribution in [0.1, 0.15) is 18.4 Å². The van der Waals surface area contributed by atoms with E-state index in [4.69, 9.17) is 27.9 Å². The zero-order chi connectivity index (χ0) is 17.6. The minimum Gasteiger partial charge on any atom is -0.487 e. The summed E-state index contributed by atoms with van der Waals surface area (Å²) in [6.45, 7) is 1.72. The van der Waals surface area contributed by atoms with E-state index in [-0.39, 0.29) is 12.1 Å². The molecular weight excluding hydrogens is 361 g/mol. The van der Waals surface area contributed by atoms with Crippen molar-refractivity contribution in [1.29, 1.82) is 0 Å². The Bertz CT molecular complexity index is 725. The predicted octanol–water partition coefficient (Wildman–Crippen LogP) is 4.14. The summed E-state index contributed by atoms with van der Waals surface area (Å²) in [7, 11) is 0. The van der Waals surface area contributed by atoms with Gasteiger partial charge in [0.25, 0.3) is 0 Å². The summed E-state index contributed by atoms with van der Waals surface area (Å²) in [5.74, 6) is 0.602. The quantitative estimate of drug-likeness (QED) is 0.868. The lowest BCUT2D eigenvalue weighted by molar-refractivity contribution is 0.101. The lowest BCUT2D eigenvalue weighted by Crippen LogP contribution is -2.48. The summed E-state index contributed by atoms with van der Waals surface area (Å²) in [6.07, 6.45) is 4.90. The standard InChI is InChI=1S/C18H19Cl2N3O2/c19-14-5-3-13(4-6-14)10-22-18(24)23-9-1-2-15(12-23)25-17-7-8-21-11-16(17)20/h3-8,11,15H,1-2,9-10,12H2,(H,22,24). The average Bonchev–Trinajstić information content (AvgIpc) is 2.63. The molecule has 0 radical (unpaired) electrons. The summed E-state index contributed by atoms with van der Waals surface area (Å²) in [4.78, 5) is 18.1. The van der Waals surface area contributed by atoms with Crippen LogP contribution in [0, 0.1) is 0 Å². The van der Waals surface area contributed by atoms with Crippen LogP contribution >= 0.6 is 23.2 Å². The van der Waals surface area contributed by atoms with Crippen LogP contribution in [0.25, 0.3) is 0 Å².